The minimum Gasteiger partial charge on any atom is -0.386 e. The Labute approximate surface area is 164 Å². The quantitative estimate of drug-likeness (QED) is 0.299. The summed E-state index contributed by atoms with van der Waals surface area (Å²) in [5.74, 6) is 0. The van der Waals surface area contributed by atoms with Gasteiger partial charge in [-0.15, -0.1) is 0 Å². The third kappa shape index (κ3) is 6.94. The number of hydrogen-bond acceptors (Lipinski definition) is 8. The van der Waals surface area contributed by atoms with Gasteiger partial charge in [-0.05, 0) is 38.8 Å². The summed E-state index contributed by atoms with van der Waals surface area (Å²) in [5, 5.41) is 0. The second-order valence-corrected chi connectivity index (χ2v) is 14.2. The third-order valence-corrected chi connectivity index (χ3v) is 12.6. The van der Waals surface area contributed by atoms with Gasteiger partial charge in [-0.1, -0.05) is 0 Å². The molecule has 27 heavy (non-hydrogen) atoms. The fourth-order valence-electron chi connectivity index (χ4n) is 3.74. The van der Waals surface area contributed by atoms with Crippen LogP contribution < -0.4 is 0 Å². The van der Waals surface area contributed by atoms with Crippen LogP contribution in [0.4, 0.5) is 0 Å². The monoisotopic (exact) mass is 447 g/mol. The molecule has 10 nitrogen and oxygen atoms in total. The third-order valence-electron chi connectivity index (χ3n) is 5.10. The van der Waals surface area contributed by atoms with Crippen molar-refractivity contribution in [2.75, 3.05) is 55.2 Å². The molecule has 1 atom stereocenters. The van der Waals surface area contributed by atoms with Gasteiger partial charge in [0, 0.05) is 47.1 Å². The largest absolute Gasteiger partial charge is 0.503 e. The summed E-state index contributed by atoms with van der Waals surface area (Å²) in [6, 6.07) is 0.951. The Morgan fingerprint density at radius 1 is 1.07 bits per heavy atom. The van der Waals surface area contributed by atoms with Crippen LogP contribution in [-0.2, 0) is 31.2 Å². The van der Waals surface area contributed by atoms with Crippen LogP contribution in [0.5, 0.6) is 0 Å². The van der Waals surface area contributed by atoms with Gasteiger partial charge in [-0.3, -0.25) is 9.09 Å². The molecule has 1 aliphatic heterocycles. The first-order valence-electron chi connectivity index (χ1n) is 8.93. The van der Waals surface area contributed by atoms with E-state index >= 15 is 0 Å². The van der Waals surface area contributed by atoms with E-state index in [9.17, 15) is 4.57 Å². The van der Waals surface area contributed by atoms with E-state index in [0.29, 0.717) is 12.8 Å². The van der Waals surface area contributed by atoms with Gasteiger partial charge < -0.3 is 31.9 Å². The molecule has 0 bridgehead atoms. The van der Waals surface area contributed by atoms with Crippen LogP contribution in [0.3, 0.4) is 0 Å². The topological polar surface area (TPSA) is 116 Å². The first kappa shape index (κ1) is 25.3. The van der Waals surface area contributed by atoms with Gasteiger partial charge >= 0.3 is 25.3 Å². The van der Waals surface area contributed by atoms with Crippen LogP contribution in [0.1, 0.15) is 25.7 Å². The average molecular weight is 448 g/mol. The molecule has 1 rings (SSSR count). The fourth-order valence-corrected chi connectivity index (χ4v) is 9.62. The van der Waals surface area contributed by atoms with Crippen molar-refractivity contribution >= 4 is 25.3 Å². The molecule has 1 aliphatic rings. The van der Waals surface area contributed by atoms with Crippen LogP contribution in [0.2, 0.25) is 11.6 Å². The van der Waals surface area contributed by atoms with Crippen molar-refractivity contribution in [2.45, 2.75) is 37.3 Å². The number of phosphoric ester groups is 1. The molecule has 0 amide bonds. The maximum absolute atomic E-state index is 11.0. The lowest BCUT2D eigenvalue weighted by molar-refractivity contribution is 0.101. The Kier molecular flexibility index (Phi) is 10.8. The Morgan fingerprint density at radius 2 is 1.67 bits per heavy atom. The highest BCUT2D eigenvalue weighted by Gasteiger charge is 2.49. The molecule has 162 valence electrons. The van der Waals surface area contributed by atoms with Crippen LogP contribution in [0.15, 0.2) is 0 Å². The second kappa shape index (κ2) is 11.5. The molecule has 1 fully saturated rings. The maximum atomic E-state index is 11.0. The SMILES string of the molecule is CO[Si](OC)(OC)C(CCCN1CCC[Si]1(OC)OC)CCOP(=O)(O)O. The zero-order chi connectivity index (χ0) is 20.6. The van der Waals surface area contributed by atoms with Crippen molar-refractivity contribution in [3.63, 3.8) is 0 Å². The number of phosphoric acid groups is 1. The second-order valence-electron chi connectivity index (χ2n) is 6.38. The molecular formula is C14H34NO9PSi2. The Bertz CT molecular complexity index is 465. The molecule has 0 spiro atoms. The van der Waals surface area contributed by atoms with E-state index in [0.717, 1.165) is 32.0 Å². The zero-order valence-electron chi connectivity index (χ0n) is 16.9. The highest BCUT2D eigenvalue weighted by Crippen LogP contribution is 2.39. The number of hydrogen-bond donors (Lipinski definition) is 2. The molecule has 0 aromatic rings. The van der Waals surface area contributed by atoms with E-state index in [-0.39, 0.29) is 12.1 Å². The van der Waals surface area contributed by atoms with E-state index < -0.39 is 25.3 Å². The lowest BCUT2D eigenvalue weighted by atomic mass is 10.2. The zero-order valence-corrected chi connectivity index (χ0v) is 19.8. The van der Waals surface area contributed by atoms with Crippen molar-refractivity contribution in [3.8, 4) is 0 Å². The van der Waals surface area contributed by atoms with Gasteiger partial charge in [-0.25, -0.2) is 4.57 Å². The summed E-state index contributed by atoms with van der Waals surface area (Å²) in [7, 11) is -1.76. The molecule has 0 saturated carbocycles. The minimum atomic E-state index is -4.51. The summed E-state index contributed by atoms with van der Waals surface area (Å²) in [6.45, 7) is 1.66. The summed E-state index contributed by atoms with van der Waals surface area (Å²) in [4.78, 5) is 17.8. The molecular weight excluding hydrogens is 413 g/mol. The van der Waals surface area contributed by atoms with Crippen molar-refractivity contribution in [2.24, 2.45) is 0 Å². The van der Waals surface area contributed by atoms with Crippen LogP contribution in [0.25, 0.3) is 0 Å². The summed E-state index contributed by atoms with van der Waals surface area (Å²) in [5.41, 5.74) is -0.146. The highest BCUT2D eigenvalue weighted by atomic mass is 31.2. The molecule has 13 heteroatoms. The summed E-state index contributed by atoms with van der Waals surface area (Å²) >= 11 is 0. The first-order chi connectivity index (χ1) is 12.7. The van der Waals surface area contributed by atoms with E-state index in [1.54, 1.807) is 14.2 Å². The maximum Gasteiger partial charge on any atom is 0.503 e. The van der Waals surface area contributed by atoms with Gasteiger partial charge in [0.1, 0.15) is 0 Å². The fraction of sp³-hybridized carbons (Fsp3) is 1.00. The number of nitrogens with zero attached hydrogens (tertiary/aromatic N) is 1. The van der Waals surface area contributed by atoms with Crippen LogP contribution in [-0.4, -0.2) is 87.1 Å². The average Bonchev–Trinajstić information content (AvgIpc) is 3.05. The van der Waals surface area contributed by atoms with Gasteiger partial charge in [0.15, 0.2) is 0 Å². The van der Waals surface area contributed by atoms with E-state index in [2.05, 4.69) is 9.09 Å². The lowest BCUT2D eigenvalue weighted by Crippen LogP contribution is -2.53. The van der Waals surface area contributed by atoms with Gasteiger partial charge in [0.25, 0.3) is 0 Å². The predicted octanol–water partition coefficient (Wildman–Crippen LogP) is 1.45. The molecule has 0 radical (unpaired) electrons. The smallest absolute Gasteiger partial charge is 0.386 e. The highest BCUT2D eigenvalue weighted by molar-refractivity contribution is 7.46. The molecule has 1 heterocycles. The minimum absolute atomic E-state index is 0.0989. The van der Waals surface area contributed by atoms with E-state index in [1.807, 2.05) is 0 Å². The van der Waals surface area contributed by atoms with E-state index in [4.69, 9.17) is 31.9 Å². The Morgan fingerprint density at radius 3 is 2.15 bits per heavy atom. The summed E-state index contributed by atoms with van der Waals surface area (Å²) < 4.78 is 46.0. The lowest BCUT2D eigenvalue weighted by Gasteiger charge is -2.34. The normalized spacial score (nSPS) is 19.5. The molecule has 1 unspecified atom stereocenters. The van der Waals surface area contributed by atoms with Crippen LogP contribution in [0, 0.1) is 0 Å². The van der Waals surface area contributed by atoms with Gasteiger partial charge in [-0.2, -0.15) is 0 Å². The predicted molar refractivity (Wildman–Crippen MR) is 103 cm³/mol. The molecule has 2 N–H and O–H groups in total. The van der Waals surface area contributed by atoms with E-state index in [1.165, 1.54) is 21.3 Å². The summed E-state index contributed by atoms with van der Waals surface area (Å²) in [6.07, 6.45) is 2.96. The standard InChI is InChI=1S/C14H34NO9PSi2/c1-19-26(20-2)13-7-11-15(26)10-6-8-14(9-12-24-25(16,17)18)27(21-3,22-4)23-5/h14H,6-13H2,1-5H3,(H2,16,17,18). The molecule has 0 aromatic heterocycles. The van der Waals surface area contributed by atoms with Crippen molar-refractivity contribution in [1.29, 1.82) is 0 Å². The number of rotatable bonds is 14. The van der Waals surface area contributed by atoms with Crippen molar-refractivity contribution < 1.29 is 41.0 Å². The Hall–Kier alpha value is 0.304. The van der Waals surface area contributed by atoms with Gasteiger partial charge in [0.2, 0.25) is 0 Å². The Balaban J connectivity index is 2.71. The van der Waals surface area contributed by atoms with Crippen molar-refractivity contribution in [1.82, 2.24) is 4.57 Å². The first-order valence-corrected chi connectivity index (χ1v) is 14.2. The van der Waals surface area contributed by atoms with Crippen LogP contribution >= 0.6 is 7.82 Å². The van der Waals surface area contributed by atoms with Crippen molar-refractivity contribution in [3.05, 3.63) is 0 Å². The molecule has 0 aromatic carbocycles. The molecule has 0 aliphatic carbocycles. The van der Waals surface area contributed by atoms with Gasteiger partial charge in [0.05, 0.1) is 6.61 Å². The molecule has 1 saturated heterocycles.